The van der Waals surface area contributed by atoms with E-state index >= 15 is 0 Å². The highest BCUT2D eigenvalue weighted by atomic mass is 15.3. The van der Waals surface area contributed by atoms with Crippen molar-refractivity contribution in [1.82, 2.24) is 29.1 Å². The van der Waals surface area contributed by atoms with Crippen LogP contribution in [-0.4, -0.2) is 29.1 Å². The lowest BCUT2D eigenvalue weighted by Crippen LogP contribution is -2.03. The molecule has 4 aromatic heterocycles. The molecule has 0 saturated heterocycles. The molecular formula is C15H14N6. The number of nitrogens with zero attached hydrogens (tertiary/aromatic N) is 6. The lowest BCUT2D eigenvalue weighted by Gasteiger charge is -2.07. The Balaban J connectivity index is 1.99. The number of rotatable bonds is 2. The summed E-state index contributed by atoms with van der Waals surface area (Å²) < 4.78 is 3.93. The van der Waals surface area contributed by atoms with Crippen LogP contribution >= 0.6 is 0 Å². The number of hydrogen-bond donors (Lipinski definition) is 0. The predicted octanol–water partition coefficient (Wildman–Crippen LogP) is 2.14. The molecule has 6 nitrogen and oxygen atoms in total. The summed E-state index contributed by atoms with van der Waals surface area (Å²) in [4.78, 5) is 13.0. The van der Waals surface area contributed by atoms with Gasteiger partial charge in [0.05, 0.1) is 5.39 Å². The number of hydrogen-bond acceptors (Lipinski definition) is 4. The van der Waals surface area contributed by atoms with Gasteiger partial charge in [-0.2, -0.15) is 5.10 Å². The number of pyridine rings is 1. The average molecular weight is 278 g/mol. The third-order valence-corrected chi connectivity index (χ3v) is 3.98. The maximum atomic E-state index is 4.57. The maximum Gasteiger partial charge on any atom is 0.168 e. The van der Waals surface area contributed by atoms with Crippen molar-refractivity contribution in [2.75, 3.05) is 0 Å². The molecule has 0 N–H and O–H groups in total. The van der Waals surface area contributed by atoms with Crippen LogP contribution in [0.15, 0.2) is 37.2 Å². The van der Waals surface area contributed by atoms with Crippen LogP contribution in [0.1, 0.15) is 16.8 Å². The molecule has 0 unspecified atom stereocenters. The van der Waals surface area contributed by atoms with Gasteiger partial charge in [0.15, 0.2) is 5.65 Å². The molecule has 0 radical (unpaired) electrons. The number of aromatic nitrogens is 6. The van der Waals surface area contributed by atoms with Gasteiger partial charge in [0.1, 0.15) is 18.3 Å². The van der Waals surface area contributed by atoms with E-state index in [0.717, 1.165) is 23.2 Å². The average Bonchev–Trinajstić information content (AvgIpc) is 3.07. The van der Waals surface area contributed by atoms with E-state index in [4.69, 9.17) is 0 Å². The fourth-order valence-corrected chi connectivity index (χ4v) is 2.73. The van der Waals surface area contributed by atoms with Gasteiger partial charge >= 0.3 is 0 Å². The van der Waals surface area contributed by atoms with E-state index in [1.54, 1.807) is 17.2 Å². The van der Waals surface area contributed by atoms with Crippen LogP contribution in [0.4, 0.5) is 0 Å². The molecule has 0 aliphatic carbocycles. The molecule has 21 heavy (non-hydrogen) atoms. The smallest absolute Gasteiger partial charge is 0.168 e. The van der Waals surface area contributed by atoms with Crippen LogP contribution in [0.25, 0.3) is 16.7 Å². The molecule has 0 fully saturated rings. The summed E-state index contributed by atoms with van der Waals surface area (Å²) >= 11 is 0. The zero-order chi connectivity index (χ0) is 14.4. The molecule has 4 rings (SSSR count). The summed E-state index contributed by atoms with van der Waals surface area (Å²) in [7, 11) is 0. The minimum atomic E-state index is 0.774. The van der Waals surface area contributed by atoms with Crippen LogP contribution in [0, 0.1) is 13.8 Å². The van der Waals surface area contributed by atoms with Gasteiger partial charge in [-0.1, -0.05) is 0 Å². The van der Waals surface area contributed by atoms with Crippen molar-refractivity contribution in [1.29, 1.82) is 0 Å². The van der Waals surface area contributed by atoms with E-state index in [0.29, 0.717) is 0 Å². The van der Waals surface area contributed by atoms with Crippen molar-refractivity contribution < 1.29 is 0 Å². The third-order valence-electron chi connectivity index (χ3n) is 3.98. The standard InChI is InChI=1S/C15H14N6/c1-10-11(2)20(7-12-3-5-16-6-4-12)14-13(10)15-17-8-19-21(15)9-18-14/h3-6,8-9H,7H2,1-2H3. The number of fused-ring (bicyclic) bond motifs is 3. The van der Waals surface area contributed by atoms with Crippen molar-refractivity contribution in [3.05, 3.63) is 54.0 Å². The Kier molecular flexibility index (Phi) is 2.50. The quantitative estimate of drug-likeness (QED) is 0.563. The van der Waals surface area contributed by atoms with Crippen molar-refractivity contribution in [3.63, 3.8) is 0 Å². The van der Waals surface area contributed by atoms with Crippen LogP contribution in [0.3, 0.4) is 0 Å². The highest BCUT2D eigenvalue weighted by Gasteiger charge is 2.16. The van der Waals surface area contributed by atoms with Crippen LogP contribution in [0.5, 0.6) is 0 Å². The lowest BCUT2D eigenvalue weighted by atomic mass is 10.2. The summed E-state index contributed by atoms with van der Waals surface area (Å²) in [5.74, 6) is 0. The normalized spacial score (nSPS) is 11.5. The van der Waals surface area contributed by atoms with E-state index in [1.807, 2.05) is 24.5 Å². The Morgan fingerprint density at radius 2 is 1.86 bits per heavy atom. The first-order valence-electron chi connectivity index (χ1n) is 6.78. The second-order valence-corrected chi connectivity index (χ2v) is 5.12. The zero-order valence-corrected chi connectivity index (χ0v) is 11.9. The molecule has 0 aliphatic heterocycles. The van der Waals surface area contributed by atoms with E-state index in [9.17, 15) is 0 Å². The van der Waals surface area contributed by atoms with Crippen molar-refractivity contribution in [3.8, 4) is 0 Å². The molecule has 0 atom stereocenters. The van der Waals surface area contributed by atoms with Crippen molar-refractivity contribution in [2.24, 2.45) is 0 Å². The summed E-state index contributed by atoms with van der Waals surface area (Å²) in [6.07, 6.45) is 6.90. The van der Waals surface area contributed by atoms with Gasteiger partial charge in [-0.3, -0.25) is 4.98 Å². The Labute approximate surface area is 121 Å². The SMILES string of the molecule is Cc1c(C)n(Cc2ccncc2)c2ncn3ncnc3c12. The number of aryl methyl sites for hydroxylation is 1. The molecule has 104 valence electrons. The summed E-state index contributed by atoms with van der Waals surface area (Å²) in [5, 5.41) is 5.23. The van der Waals surface area contributed by atoms with Crippen LogP contribution in [-0.2, 0) is 6.54 Å². The molecule has 0 amide bonds. The summed E-state index contributed by atoms with van der Waals surface area (Å²) in [5.41, 5.74) is 5.40. The van der Waals surface area contributed by atoms with Gasteiger partial charge in [0, 0.05) is 24.6 Å². The molecule has 0 saturated carbocycles. The van der Waals surface area contributed by atoms with Gasteiger partial charge < -0.3 is 4.57 Å². The minimum absolute atomic E-state index is 0.774. The van der Waals surface area contributed by atoms with Gasteiger partial charge in [-0.25, -0.2) is 14.5 Å². The summed E-state index contributed by atoms with van der Waals surface area (Å²) in [6.45, 7) is 5.00. The highest BCUT2D eigenvalue weighted by Crippen LogP contribution is 2.26. The third kappa shape index (κ3) is 1.72. The molecule has 6 heteroatoms. The monoisotopic (exact) mass is 278 g/mol. The van der Waals surface area contributed by atoms with Gasteiger partial charge in [0.25, 0.3) is 0 Å². The second-order valence-electron chi connectivity index (χ2n) is 5.12. The largest absolute Gasteiger partial charge is 0.325 e. The zero-order valence-electron chi connectivity index (χ0n) is 11.9. The fraction of sp³-hybridized carbons (Fsp3) is 0.200. The maximum absolute atomic E-state index is 4.57. The molecule has 4 heterocycles. The van der Waals surface area contributed by atoms with Gasteiger partial charge in [-0.05, 0) is 37.1 Å². The van der Waals surface area contributed by atoms with Crippen LogP contribution in [0.2, 0.25) is 0 Å². The molecule has 0 spiro atoms. The van der Waals surface area contributed by atoms with E-state index < -0.39 is 0 Å². The Hall–Kier alpha value is -2.76. The lowest BCUT2D eigenvalue weighted by molar-refractivity contribution is 0.785. The second kappa shape index (κ2) is 4.37. The minimum Gasteiger partial charge on any atom is -0.325 e. The first-order chi connectivity index (χ1) is 10.3. The molecule has 4 aromatic rings. The van der Waals surface area contributed by atoms with E-state index in [2.05, 4.69) is 38.5 Å². The predicted molar refractivity (Wildman–Crippen MR) is 79.1 cm³/mol. The first-order valence-corrected chi connectivity index (χ1v) is 6.78. The molecule has 0 aliphatic rings. The van der Waals surface area contributed by atoms with E-state index in [-0.39, 0.29) is 0 Å². The highest BCUT2D eigenvalue weighted by molar-refractivity contribution is 5.93. The van der Waals surface area contributed by atoms with Gasteiger partial charge in [0.2, 0.25) is 0 Å². The topological polar surface area (TPSA) is 60.9 Å². The fourth-order valence-electron chi connectivity index (χ4n) is 2.73. The first kappa shape index (κ1) is 12.0. The van der Waals surface area contributed by atoms with Crippen molar-refractivity contribution >= 4 is 16.7 Å². The van der Waals surface area contributed by atoms with Gasteiger partial charge in [-0.15, -0.1) is 0 Å². The molecular weight excluding hydrogens is 264 g/mol. The summed E-state index contributed by atoms with van der Waals surface area (Å²) in [6, 6.07) is 4.05. The van der Waals surface area contributed by atoms with Crippen LogP contribution < -0.4 is 0 Å². The molecule has 0 bridgehead atoms. The Morgan fingerprint density at radius 3 is 2.67 bits per heavy atom. The van der Waals surface area contributed by atoms with E-state index in [1.165, 1.54) is 16.8 Å². The molecule has 0 aromatic carbocycles. The van der Waals surface area contributed by atoms with Crippen molar-refractivity contribution in [2.45, 2.75) is 20.4 Å². The Morgan fingerprint density at radius 1 is 1.05 bits per heavy atom. The Bertz CT molecular complexity index is 935.